The SMILES string of the molecule is C=C(/C=C\C(N)=C/C)Oc1ccc(C(C)(C)C)cc1. The van der Waals surface area contributed by atoms with Gasteiger partial charge in [0.15, 0.2) is 0 Å². The number of rotatable bonds is 4. The first-order valence-corrected chi connectivity index (χ1v) is 6.40. The molecule has 102 valence electrons. The van der Waals surface area contributed by atoms with Crippen LogP contribution in [0.2, 0.25) is 0 Å². The molecule has 2 N–H and O–H groups in total. The molecule has 0 unspecified atom stereocenters. The van der Waals surface area contributed by atoms with Gasteiger partial charge in [0.2, 0.25) is 0 Å². The Morgan fingerprint density at radius 3 is 2.21 bits per heavy atom. The fourth-order valence-electron chi connectivity index (χ4n) is 1.49. The van der Waals surface area contributed by atoms with Crippen molar-refractivity contribution >= 4 is 0 Å². The molecule has 0 fully saturated rings. The van der Waals surface area contributed by atoms with Crippen molar-refractivity contribution in [3.05, 3.63) is 66.1 Å². The van der Waals surface area contributed by atoms with Crippen LogP contribution in [0.1, 0.15) is 33.3 Å². The molecule has 1 aromatic carbocycles. The first-order chi connectivity index (χ1) is 8.82. The van der Waals surface area contributed by atoms with Gasteiger partial charge in [-0.25, -0.2) is 0 Å². The van der Waals surface area contributed by atoms with Crippen molar-refractivity contribution in [1.82, 2.24) is 0 Å². The smallest absolute Gasteiger partial charge is 0.127 e. The van der Waals surface area contributed by atoms with Crippen LogP contribution in [-0.4, -0.2) is 0 Å². The Morgan fingerprint density at radius 2 is 1.74 bits per heavy atom. The molecule has 0 radical (unpaired) electrons. The second-order valence-corrected chi connectivity index (χ2v) is 5.46. The fourth-order valence-corrected chi connectivity index (χ4v) is 1.49. The summed E-state index contributed by atoms with van der Waals surface area (Å²) in [6.07, 6.45) is 5.35. The van der Waals surface area contributed by atoms with E-state index in [4.69, 9.17) is 10.5 Å². The summed E-state index contributed by atoms with van der Waals surface area (Å²) in [5, 5.41) is 0. The highest BCUT2D eigenvalue weighted by atomic mass is 16.5. The molecular weight excluding hydrogens is 234 g/mol. The van der Waals surface area contributed by atoms with Gasteiger partial charge in [-0.15, -0.1) is 0 Å². The molecule has 0 aliphatic rings. The van der Waals surface area contributed by atoms with Crippen LogP contribution in [-0.2, 0) is 5.41 Å². The average Bonchev–Trinajstić information content (AvgIpc) is 2.35. The van der Waals surface area contributed by atoms with Crippen LogP contribution in [0.4, 0.5) is 0 Å². The second kappa shape index (κ2) is 6.28. The third-order valence-corrected chi connectivity index (χ3v) is 2.76. The predicted octanol–water partition coefficient (Wildman–Crippen LogP) is 4.30. The van der Waals surface area contributed by atoms with Crippen LogP contribution in [0.15, 0.2) is 60.5 Å². The van der Waals surface area contributed by atoms with Crippen molar-refractivity contribution in [3.8, 4) is 5.75 Å². The number of allylic oxidation sites excluding steroid dienone is 3. The largest absolute Gasteiger partial charge is 0.458 e. The quantitative estimate of drug-likeness (QED) is 0.645. The molecule has 0 heterocycles. The lowest BCUT2D eigenvalue weighted by Crippen LogP contribution is -2.10. The zero-order valence-corrected chi connectivity index (χ0v) is 12.2. The minimum Gasteiger partial charge on any atom is -0.458 e. The molecule has 0 aromatic heterocycles. The molecule has 2 nitrogen and oxygen atoms in total. The van der Waals surface area contributed by atoms with Gasteiger partial charge in [-0.1, -0.05) is 45.6 Å². The van der Waals surface area contributed by atoms with Crippen LogP contribution < -0.4 is 10.5 Å². The van der Waals surface area contributed by atoms with Gasteiger partial charge in [0.1, 0.15) is 11.5 Å². The van der Waals surface area contributed by atoms with E-state index in [1.165, 1.54) is 5.56 Å². The fraction of sp³-hybridized carbons (Fsp3) is 0.294. The van der Waals surface area contributed by atoms with Gasteiger partial charge >= 0.3 is 0 Å². The van der Waals surface area contributed by atoms with E-state index < -0.39 is 0 Å². The molecular formula is C17H23NO. The van der Waals surface area contributed by atoms with Gasteiger partial charge in [0, 0.05) is 5.70 Å². The molecule has 0 amide bonds. The Hall–Kier alpha value is -1.96. The molecule has 0 saturated carbocycles. The molecule has 0 spiro atoms. The number of hydrogen-bond acceptors (Lipinski definition) is 2. The minimum absolute atomic E-state index is 0.149. The third-order valence-electron chi connectivity index (χ3n) is 2.76. The van der Waals surface area contributed by atoms with Gasteiger partial charge in [0.25, 0.3) is 0 Å². The third kappa shape index (κ3) is 5.04. The minimum atomic E-state index is 0.149. The topological polar surface area (TPSA) is 35.2 Å². The van der Waals surface area contributed by atoms with Crippen LogP contribution in [0, 0.1) is 0 Å². The van der Waals surface area contributed by atoms with Gasteiger partial charge in [-0.05, 0) is 42.2 Å². The number of benzene rings is 1. The van der Waals surface area contributed by atoms with Crippen molar-refractivity contribution in [1.29, 1.82) is 0 Å². The standard InChI is InChI=1S/C17H23NO/c1-6-15(18)10-7-13(2)19-16-11-8-14(9-12-16)17(3,4)5/h6-12H,2,18H2,1,3-5H3/b10-7-,15-6+. The summed E-state index contributed by atoms with van der Waals surface area (Å²) in [6.45, 7) is 12.3. The van der Waals surface area contributed by atoms with E-state index in [0.29, 0.717) is 11.5 Å². The zero-order valence-electron chi connectivity index (χ0n) is 12.2. The van der Waals surface area contributed by atoms with Crippen molar-refractivity contribution in [2.75, 3.05) is 0 Å². The molecule has 19 heavy (non-hydrogen) atoms. The predicted molar refractivity (Wildman–Crippen MR) is 82.0 cm³/mol. The van der Waals surface area contributed by atoms with Crippen molar-refractivity contribution in [3.63, 3.8) is 0 Å². The second-order valence-electron chi connectivity index (χ2n) is 5.46. The van der Waals surface area contributed by atoms with Crippen LogP contribution in [0.25, 0.3) is 0 Å². The maximum Gasteiger partial charge on any atom is 0.127 e. The van der Waals surface area contributed by atoms with Gasteiger partial charge in [0.05, 0.1) is 0 Å². The molecule has 0 saturated heterocycles. The number of ether oxygens (including phenoxy) is 1. The summed E-state index contributed by atoms with van der Waals surface area (Å²) in [4.78, 5) is 0. The Labute approximate surface area is 116 Å². The van der Waals surface area contributed by atoms with Crippen molar-refractivity contribution < 1.29 is 4.74 Å². The number of nitrogens with two attached hydrogens (primary N) is 1. The summed E-state index contributed by atoms with van der Waals surface area (Å²) in [7, 11) is 0. The van der Waals surface area contributed by atoms with E-state index in [1.807, 2.05) is 25.1 Å². The lowest BCUT2D eigenvalue weighted by molar-refractivity contribution is 0.446. The van der Waals surface area contributed by atoms with E-state index in [2.05, 4.69) is 39.5 Å². The summed E-state index contributed by atoms with van der Waals surface area (Å²) in [5.74, 6) is 1.34. The lowest BCUT2D eigenvalue weighted by atomic mass is 9.87. The molecule has 1 aromatic rings. The van der Waals surface area contributed by atoms with E-state index in [1.54, 1.807) is 12.2 Å². The van der Waals surface area contributed by atoms with E-state index in [0.717, 1.165) is 5.75 Å². The van der Waals surface area contributed by atoms with Crippen LogP contribution in [0.5, 0.6) is 5.75 Å². The summed E-state index contributed by atoms with van der Waals surface area (Å²) < 4.78 is 5.61. The Balaban J connectivity index is 2.69. The van der Waals surface area contributed by atoms with Gasteiger partial charge in [-0.3, -0.25) is 0 Å². The maximum atomic E-state index is 5.66. The molecule has 0 aliphatic carbocycles. The van der Waals surface area contributed by atoms with E-state index in [9.17, 15) is 0 Å². The Bertz CT molecular complexity index is 487. The lowest BCUT2D eigenvalue weighted by Gasteiger charge is -2.19. The molecule has 0 aliphatic heterocycles. The van der Waals surface area contributed by atoms with Gasteiger partial charge in [-0.2, -0.15) is 0 Å². The normalized spacial score (nSPS) is 12.7. The highest BCUT2D eigenvalue weighted by Gasteiger charge is 2.12. The van der Waals surface area contributed by atoms with Crippen molar-refractivity contribution in [2.45, 2.75) is 33.1 Å². The molecule has 1 rings (SSSR count). The summed E-state index contributed by atoms with van der Waals surface area (Å²) >= 11 is 0. The number of hydrogen-bond donors (Lipinski definition) is 1. The summed E-state index contributed by atoms with van der Waals surface area (Å²) in [6, 6.07) is 8.07. The van der Waals surface area contributed by atoms with E-state index >= 15 is 0 Å². The Kier molecular flexibility index (Phi) is 4.99. The van der Waals surface area contributed by atoms with Crippen LogP contribution >= 0.6 is 0 Å². The average molecular weight is 257 g/mol. The van der Waals surface area contributed by atoms with Crippen molar-refractivity contribution in [2.24, 2.45) is 5.73 Å². The van der Waals surface area contributed by atoms with E-state index in [-0.39, 0.29) is 5.41 Å². The van der Waals surface area contributed by atoms with Crippen LogP contribution in [0.3, 0.4) is 0 Å². The molecule has 0 bridgehead atoms. The van der Waals surface area contributed by atoms with Gasteiger partial charge < -0.3 is 10.5 Å². The zero-order chi connectivity index (χ0) is 14.5. The summed E-state index contributed by atoms with van der Waals surface area (Å²) in [5.41, 5.74) is 7.77. The monoisotopic (exact) mass is 257 g/mol. The molecule has 0 atom stereocenters. The first kappa shape index (κ1) is 15.1. The first-order valence-electron chi connectivity index (χ1n) is 6.40. The molecule has 2 heteroatoms. The maximum absolute atomic E-state index is 5.66. The highest BCUT2D eigenvalue weighted by molar-refractivity contribution is 5.33. The highest BCUT2D eigenvalue weighted by Crippen LogP contribution is 2.24. The Morgan fingerprint density at radius 1 is 1.16 bits per heavy atom.